The zero-order chi connectivity index (χ0) is 14.8. The smallest absolute Gasteiger partial charge is 0.191 e. The summed E-state index contributed by atoms with van der Waals surface area (Å²) < 4.78 is 2.20. The highest BCUT2D eigenvalue weighted by Crippen LogP contribution is 2.03. The van der Waals surface area contributed by atoms with Crippen LogP contribution in [-0.2, 0) is 13.1 Å². The molecule has 0 amide bonds. The average Bonchev–Trinajstić information content (AvgIpc) is 2.84. The highest BCUT2D eigenvalue weighted by Gasteiger charge is 2.05. The van der Waals surface area contributed by atoms with Crippen LogP contribution in [0.15, 0.2) is 17.4 Å². The van der Waals surface area contributed by atoms with Crippen LogP contribution in [0.5, 0.6) is 0 Å². The fourth-order valence-electron chi connectivity index (χ4n) is 2.03. The van der Waals surface area contributed by atoms with Crippen molar-refractivity contribution in [3.63, 3.8) is 0 Å². The van der Waals surface area contributed by atoms with E-state index in [0.717, 1.165) is 24.9 Å². The Balaban J connectivity index is 0.00000400. The van der Waals surface area contributed by atoms with Gasteiger partial charge in [-0.05, 0) is 12.3 Å². The molecule has 1 heterocycles. The van der Waals surface area contributed by atoms with Gasteiger partial charge >= 0.3 is 0 Å². The molecule has 0 atom stereocenters. The number of guanidine groups is 1. The summed E-state index contributed by atoms with van der Waals surface area (Å²) in [7, 11) is 1.80. The van der Waals surface area contributed by atoms with Crippen molar-refractivity contribution in [2.24, 2.45) is 10.9 Å². The second-order valence-electron chi connectivity index (χ2n) is 5.45. The van der Waals surface area contributed by atoms with Gasteiger partial charge in [-0.1, -0.05) is 33.6 Å². The van der Waals surface area contributed by atoms with E-state index in [0.29, 0.717) is 12.5 Å². The number of hydrogen-bond acceptors (Lipinski definition) is 2. The van der Waals surface area contributed by atoms with Gasteiger partial charge in [-0.25, -0.2) is 4.98 Å². The molecule has 0 aliphatic heterocycles. The highest BCUT2D eigenvalue weighted by molar-refractivity contribution is 14.0. The predicted molar refractivity (Wildman–Crippen MR) is 100 cm³/mol. The predicted octanol–water partition coefficient (Wildman–Crippen LogP) is 3.01. The Labute approximate surface area is 146 Å². The van der Waals surface area contributed by atoms with Gasteiger partial charge in [0.05, 0.1) is 6.54 Å². The van der Waals surface area contributed by atoms with Gasteiger partial charge in [0, 0.05) is 32.5 Å². The largest absolute Gasteiger partial charge is 0.356 e. The monoisotopic (exact) mass is 407 g/mol. The zero-order valence-corrected chi connectivity index (χ0v) is 16.1. The zero-order valence-electron chi connectivity index (χ0n) is 13.7. The van der Waals surface area contributed by atoms with Gasteiger partial charge in [-0.3, -0.25) is 4.99 Å². The first kappa shape index (κ1) is 20.2. The molecule has 0 fully saturated rings. The van der Waals surface area contributed by atoms with E-state index in [4.69, 9.17) is 0 Å². The maximum atomic E-state index is 4.40. The van der Waals surface area contributed by atoms with E-state index in [9.17, 15) is 0 Å². The molecule has 1 aromatic rings. The molecule has 0 saturated heterocycles. The summed E-state index contributed by atoms with van der Waals surface area (Å²) in [4.78, 5) is 8.64. The third-order valence-corrected chi connectivity index (χ3v) is 3.07. The second-order valence-corrected chi connectivity index (χ2v) is 5.45. The Hall–Kier alpha value is -0.790. The Morgan fingerprint density at radius 1 is 1.33 bits per heavy atom. The van der Waals surface area contributed by atoms with Crippen LogP contribution in [0.4, 0.5) is 0 Å². The van der Waals surface area contributed by atoms with Crippen LogP contribution in [0.25, 0.3) is 0 Å². The second kappa shape index (κ2) is 11.8. The van der Waals surface area contributed by atoms with Gasteiger partial charge in [0.15, 0.2) is 5.96 Å². The van der Waals surface area contributed by atoms with E-state index in [1.54, 1.807) is 7.05 Å². The van der Waals surface area contributed by atoms with Crippen molar-refractivity contribution in [1.82, 2.24) is 20.2 Å². The van der Waals surface area contributed by atoms with Crippen LogP contribution in [-0.4, -0.2) is 29.1 Å². The quantitative estimate of drug-likeness (QED) is 0.302. The number of aromatic nitrogens is 2. The molecule has 0 saturated carbocycles. The van der Waals surface area contributed by atoms with Crippen LogP contribution in [0.2, 0.25) is 0 Å². The minimum absolute atomic E-state index is 0. The number of halogens is 1. The molecule has 2 N–H and O–H groups in total. The maximum absolute atomic E-state index is 4.40. The highest BCUT2D eigenvalue weighted by atomic mass is 127. The Morgan fingerprint density at radius 2 is 2.10 bits per heavy atom. The van der Waals surface area contributed by atoms with Crippen LogP contribution < -0.4 is 10.6 Å². The molecule has 0 aliphatic rings. The Kier molecular flexibility index (Phi) is 11.4. The van der Waals surface area contributed by atoms with Gasteiger partial charge < -0.3 is 15.2 Å². The molecule has 6 heteroatoms. The van der Waals surface area contributed by atoms with Crippen LogP contribution in [0.3, 0.4) is 0 Å². The fraction of sp³-hybridized carbons (Fsp3) is 0.733. The van der Waals surface area contributed by atoms with E-state index in [2.05, 4.69) is 45.9 Å². The van der Waals surface area contributed by atoms with Crippen molar-refractivity contribution >= 4 is 29.9 Å². The van der Waals surface area contributed by atoms with Gasteiger partial charge in [0.1, 0.15) is 5.82 Å². The Bertz CT molecular complexity index is 401. The molecule has 122 valence electrons. The molecular formula is C15H30IN5. The molecule has 0 spiro atoms. The first-order chi connectivity index (χ1) is 9.67. The summed E-state index contributed by atoms with van der Waals surface area (Å²) in [6.45, 7) is 9.30. The summed E-state index contributed by atoms with van der Waals surface area (Å²) >= 11 is 0. The lowest BCUT2D eigenvalue weighted by molar-refractivity contribution is 0.503. The van der Waals surface area contributed by atoms with Crippen molar-refractivity contribution in [2.75, 3.05) is 13.6 Å². The molecule has 5 nitrogen and oxygen atoms in total. The van der Waals surface area contributed by atoms with Crippen molar-refractivity contribution in [1.29, 1.82) is 0 Å². The number of unbranched alkanes of at least 4 members (excludes halogenated alkanes) is 2. The molecule has 0 bridgehead atoms. The van der Waals surface area contributed by atoms with Crippen molar-refractivity contribution < 1.29 is 0 Å². The number of aliphatic imine (C=N–C) groups is 1. The van der Waals surface area contributed by atoms with Gasteiger partial charge in [0.2, 0.25) is 0 Å². The van der Waals surface area contributed by atoms with E-state index in [-0.39, 0.29) is 24.0 Å². The first-order valence-corrected chi connectivity index (χ1v) is 7.61. The minimum atomic E-state index is 0. The molecule has 1 aromatic heterocycles. The lowest BCUT2D eigenvalue weighted by Crippen LogP contribution is -2.37. The van der Waals surface area contributed by atoms with Gasteiger partial charge in [0.25, 0.3) is 0 Å². The van der Waals surface area contributed by atoms with Crippen LogP contribution in [0, 0.1) is 5.92 Å². The number of hydrogen-bond donors (Lipinski definition) is 2. The van der Waals surface area contributed by atoms with Gasteiger partial charge in [-0.2, -0.15) is 0 Å². The Morgan fingerprint density at radius 3 is 2.71 bits per heavy atom. The van der Waals surface area contributed by atoms with E-state index < -0.39 is 0 Å². The number of nitrogens with one attached hydrogen (secondary N) is 2. The molecule has 1 rings (SSSR count). The average molecular weight is 407 g/mol. The van der Waals surface area contributed by atoms with Crippen molar-refractivity contribution in [3.8, 4) is 0 Å². The van der Waals surface area contributed by atoms with E-state index in [1.165, 1.54) is 19.3 Å². The molecule has 0 unspecified atom stereocenters. The molecular weight excluding hydrogens is 377 g/mol. The minimum Gasteiger partial charge on any atom is -0.356 e. The molecule has 21 heavy (non-hydrogen) atoms. The standard InChI is InChI=1S/C15H29N5.HI/c1-5-6-7-8-18-15(16-4)19-11-14-17-9-10-20(14)12-13(2)3;/h9-10,13H,5-8,11-12H2,1-4H3,(H2,16,18,19);1H. The van der Waals surface area contributed by atoms with E-state index in [1.807, 2.05) is 12.4 Å². The first-order valence-electron chi connectivity index (χ1n) is 7.61. The van der Waals surface area contributed by atoms with Gasteiger partial charge in [-0.15, -0.1) is 24.0 Å². The third kappa shape index (κ3) is 8.28. The SMILES string of the molecule is CCCCCNC(=NC)NCc1nccn1CC(C)C.I. The third-order valence-electron chi connectivity index (χ3n) is 3.07. The van der Waals surface area contributed by atoms with Crippen molar-refractivity contribution in [3.05, 3.63) is 18.2 Å². The topological polar surface area (TPSA) is 54.2 Å². The number of imidazole rings is 1. The normalized spacial score (nSPS) is 11.4. The lowest BCUT2D eigenvalue weighted by Gasteiger charge is -2.13. The maximum Gasteiger partial charge on any atom is 0.191 e. The summed E-state index contributed by atoms with van der Waals surface area (Å²) in [5.74, 6) is 2.52. The summed E-state index contributed by atoms with van der Waals surface area (Å²) in [5.41, 5.74) is 0. The summed E-state index contributed by atoms with van der Waals surface area (Å²) in [5, 5.41) is 6.65. The number of rotatable bonds is 8. The lowest BCUT2D eigenvalue weighted by atomic mass is 10.2. The van der Waals surface area contributed by atoms with E-state index >= 15 is 0 Å². The van der Waals surface area contributed by atoms with Crippen LogP contribution in [0.1, 0.15) is 45.9 Å². The van der Waals surface area contributed by atoms with Crippen LogP contribution >= 0.6 is 24.0 Å². The molecule has 0 radical (unpaired) electrons. The molecule has 0 aliphatic carbocycles. The summed E-state index contributed by atoms with van der Waals surface area (Å²) in [6, 6.07) is 0. The summed E-state index contributed by atoms with van der Waals surface area (Å²) in [6.07, 6.45) is 7.56. The molecule has 0 aromatic carbocycles. The fourth-order valence-corrected chi connectivity index (χ4v) is 2.03. The van der Waals surface area contributed by atoms with Crippen molar-refractivity contribution in [2.45, 2.75) is 53.1 Å². The number of nitrogens with zero attached hydrogens (tertiary/aromatic N) is 3.